The van der Waals surface area contributed by atoms with Gasteiger partial charge in [-0.05, 0) is 0 Å². The third-order valence-corrected chi connectivity index (χ3v) is 2.88. The Hall–Kier alpha value is -1.27. The zero-order valence-electron chi connectivity index (χ0n) is 8.97. The van der Waals surface area contributed by atoms with Gasteiger partial charge in [-0.2, -0.15) is 0 Å². The van der Waals surface area contributed by atoms with Gasteiger partial charge in [0.25, 0.3) is 0 Å². The van der Waals surface area contributed by atoms with Gasteiger partial charge in [0.05, 0.1) is 0 Å². The second-order valence-electron chi connectivity index (χ2n) is 3.57. The molecule has 0 bridgehead atoms. The van der Waals surface area contributed by atoms with Crippen molar-refractivity contribution < 1.29 is 19.4 Å². The minimum absolute atomic E-state index is 1.16. The van der Waals surface area contributed by atoms with Gasteiger partial charge >= 0.3 is 106 Å². The number of nitrogens with one attached hydrogen (secondary N) is 1. The van der Waals surface area contributed by atoms with Crippen LogP contribution in [0.2, 0.25) is 0 Å². The summed E-state index contributed by atoms with van der Waals surface area (Å²) in [4.78, 5) is 7.36. The quantitative estimate of drug-likeness (QED) is 0.872. The molecule has 0 spiro atoms. The number of aromatic nitrogens is 2. The topological polar surface area (TPSA) is 28.7 Å². The summed E-state index contributed by atoms with van der Waals surface area (Å²) < 4.78 is 2.10. The second-order valence-corrected chi connectivity index (χ2v) is 4.55. The standard InChI is InChI=1S/C13H12N2.W/c1-3-4-11-7-15-9-13(11)12-5-10(2)6-14-8-12;/h1,3-9,15H,2H3;. The molecule has 0 radical (unpaired) electrons. The Kier molecular flexibility index (Phi) is 3.63. The van der Waals surface area contributed by atoms with Gasteiger partial charge in [0.15, 0.2) is 0 Å². The molecule has 0 aliphatic carbocycles. The molecule has 2 heterocycles. The molecule has 0 aromatic carbocycles. The average molecular weight is 380 g/mol. The van der Waals surface area contributed by atoms with Crippen molar-refractivity contribution in [2.45, 2.75) is 6.92 Å². The molecular formula is C13H12N2W. The first kappa shape index (κ1) is 11.2. The van der Waals surface area contributed by atoms with Crippen molar-refractivity contribution in [3.8, 4) is 11.1 Å². The monoisotopic (exact) mass is 380 g/mol. The van der Waals surface area contributed by atoms with Crippen LogP contribution in [-0.4, -0.2) is 14.4 Å². The number of hydrogen-bond donors (Lipinski definition) is 1. The van der Waals surface area contributed by atoms with Crippen LogP contribution in [0.1, 0.15) is 11.1 Å². The zero-order chi connectivity index (χ0) is 11.4. The van der Waals surface area contributed by atoms with Crippen molar-refractivity contribution in [3.05, 3.63) is 48.1 Å². The third-order valence-electron chi connectivity index (χ3n) is 2.32. The summed E-state index contributed by atoms with van der Waals surface area (Å²) in [5.74, 6) is 0. The van der Waals surface area contributed by atoms with Crippen LogP contribution < -0.4 is 0 Å². The predicted molar refractivity (Wildman–Crippen MR) is 63.9 cm³/mol. The van der Waals surface area contributed by atoms with Gasteiger partial charge in [-0.15, -0.1) is 0 Å². The second kappa shape index (κ2) is 5.18. The molecule has 1 N–H and O–H groups in total. The van der Waals surface area contributed by atoms with E-state index < -0.39 is 0 Å². The van der Waals surface area contributed by atoms with Crippen LogP contribution in [0, 0.1) is 6.92 Å². The Labute approximate surface area is 106 Å². The van der Waals surface area contributed by atoms with E-state index in [-0.39, 0.29) is 0 Å². The van der Waals surface area contributed by atoms with Crippen molar-refractivity contribution in [2.75, 3.05) is 0 Å². The fraction of sp³-hybridized carbons (Fsp3) is 0.0769. The van der Waals surface area contributed by atoms with Crippen LogP contribution in [0.3, 0.4) is 0 Å². The van der Waals surface area contributed by atoms with Gasteiger partial charge in [-0.1, -0.05) is 0 Å². The molecule has 2 aromatic rings. The maximum atomic E-state index is 4.22. The van der Waals surface area contributed by atoms with Gasteiger partial charge in [0.1, 0.15) is 0 Å². The number of aryl methyl sites for hydroxylation is 1. The number of aromatic amines is 1. The van der Waals surface area contributed by atoms with E-state index in [9.17, 15) is 0 Å². The van der Waals surface area contributed by atoms with Crippen molar-refractivity contribution in [3.63, 3.8) is 0 Å². The fourth-order valence-electron chi connectivity index (χ4n) is 1.61. The summed E-state index contributed by atoms with van der Waals surface area (Å²) >= 11 is 1.46. The first-order valence-corrected chi connectivity index (χ1v) is 6.71. The van der Waals surface area contributed by atoms with E-state index in [2.05, 4.69) is 39.5 Å². The van der Waals surface area contributed by atoms with E-state index >= 15 is 0 Å². The SMILES string of the molecule is Cc1cncc(-c2c[nH]cc2C=C[CH]=[W])c1. The summed E-state index contributed by atoms with van der Waals surface area (Å²) in [5.41, 5.74) is 4.73. The van der Waals surface area contributed by atoms with E-state index in [0.29, 0.717) is 0 Å². The summed E-state index contributed by atoms with van der Waals surface area (Å²) in [6.45, 7) is 2.06. The molecule has 80 valence electrons. The molecule has 2 rings (SSSR count). The Morgan fingerprint density at radius 3 is 2.94 bits per heavy atom. The molecule has 0 fully saturated rings. The Balaban J connectivity index is 2.44. The normalized spacial score (nSPS) is 10.8. The van der Waals surface area contributed by atoms with Crippen molar-refractivity contribution >= 4 is 10.5 Å². The Morgan fingerprint density at radius 2 is 2.19 bits per heavy atom. The summed E-state index contributed by atoms with van der Waals surface area (Å²) in [5, 5.41) is 0. The molecule has 16 heavy (non-hydrogen) atoms. The maximum absolute atomic E-state index is 4.22. The number of allylic oxidation sites excluding steroid dienone is 1. The summed E-state index contributed by atoms with van der Waals surface area (Å²) in [6.07, 6.45) is 12.0. The average Bonchev–Trinajstić information content (AvgIpc) is 2.74. The molecule has 0 amide bonds. The zero-order valence-corrected chi connectivity index (χ0v) is 11.9. The molecule has 0 unspecified atom stereocenters. The Morgan fingerprint density at radius 1 is 1.31 bits per heavy atom. The number of nitrogens with zero attached hydrogens (tertiary/aromatic N) is 1. The van der Waals surface area contributed by atoms with Crippen molar-refractivity contribution in [2.24, 2.45) is 0 Å². The molecule has 2 nitrogen and oxygen atoms in total. The van der Waals surface area contributed by atoms with Crippen LogP contribution in [0.25, 0.3) is 17.2 Å². The molecule has 0 atom stereocenters. The minimum atomic E-state index is 1.16. The van der Waals surface area contributed by atoms with Gasteiger partial charge in [-0.25, -0.2) is 0 Å². The Bertz CT molecular complexity index is 526. The van der Waals surface area contributed by atoms with Crippen LogP contribution in [-0.2, 0) is 19.4 Å². The summed E-state index contributed by atoms with van der Waals surface area (Å²) in [6, 6.07) is 2.15. The summed E-state index contributed by atoms with van der Waals surface area (Å²) in [7, 11) is 0. The first-order chi connectivity index (χ1) is 7.81. The number of H-pyrrole nitrogens is 1. The van der Waals surface area contributed by atoms with Gasteiger partial charge < -0.3 is 0 Å². The molecule has 0 saturated carbocycles. The fourth-order valence-corrected chi connectivity index (χ4v) is 1.89. The number of pyridine rings is 1. The predicted octanol–water partition coefficient (Wildman–Crippen LogP) is 2.75. The molecule has 0 aliphatic rings. The number of hydrogen-bond acceptors (Lipinski definition) is 1. The van der Waals surface area contributed by atoms with E-state index in [0.717, 1.165) is 5.56 Å². The van der Waals surface area contributed by atoms with Gasteiger partial charge in [-0.3, -0.25) is 0 Å². The number of rotatable bonds is 3. The molecular weight excluding hydrogens is 368 g/mol. The first-order valence-electron chi connectivity index (χ1n) is 5.02. The molecule has 0 aliphatic heterocycles. The molecule has 2 aromatic heterocycles. The molecule has 3 heteroatoms. The van der Waals surface area contributed by atoms with Crippen LogP contribution in [0.5, 0.6) is 0 Å². The van der Waals surface area contributed by atoms with Crippen LogP contribution in [0.15, 0.2) is 36.9 Å². The van der Waals surface area contributed by atoms with Gasteiger partial charge in [0.2, 0.25) is 0 Å². The van der Waals surface area contributed by atoms with E-state index in [1.54, 1.807) is 0 Å². The van der Waals surface area contributed by atoms with Crippen molar-refractivity contribution in [1.82, 2.24) is 9.97 Å². The molecule has 0 saturated heterocycles. The van der Waals surface area contributed by atoms with E-state index in [4.69, 9.17) is 0 Å². The van der Waals surface area contributed by atoms with Crippen LogP contribution in [0.4, 0.5) is 0 Å². The van der Waals surface area contributed by atoms with E-state index in [1.165, 1.54) is 36.0 Å². The van der Waals surface area contributed by atoms with Gasteiger partial charge in [0, 0.05) is 0 Å². The van der Waals surface area contributed by atoms with E-state index in [1.807, 2.05) is 24.8 Å². The third kappa shape index (κ3) is 2.45. The van der Waals surface area contributed by atoms with Crippen LogP contribution >= 0.6 is 0 Å². The van der Waals surface area contributed by atoms with Crippen molar-refractivity contribution in [1.29, 1.82) is 0 Å².